The molecule has 1 rings (SSSR count). The van der Waals surface area contributed by atoms with Gasteiger partial charge in [0, 0.05) is 5.92 Å². The molecule has 0 aliphatic carbocycles. The number of carbonyl (C=O) groups is 1. The summed E-state index contributed by atoms with van der Waals surface area (Å²) in [6, 6.07) is 0. The Morgan fingerprint density at radius 1 is 1.11 bits per heavy atom. The van der Waals surface area contributed by atoms with Crippen LogP contribution in [0.1, 0.15) is 72.1 Å². The van der Waals surface area contributed by atoms with E-state index in [9.17, 15) is 4.79 Å². The van der Waals surface area contributed by atoms with E-state index in [4.69, 9.17) is 4.74 Å². The van der Waals surface area contributed by atoms with E-state index in [2.05, 4.69) is 26.0 Å². The maximum Gasteiger partial charge on any atom is 0.309 e. The van der Waals surface area contributed by atoms with Crippen LogP contribution in [-0.4, -0.2) is 12.1 Å². The van der Waals surface area contributed by atoms with E-state index in [0.29, 0.717) is 5.92 Å². The monoisotopic (exact) mass is 266 g/mol. The number of allylic oxidation sites excluding steroid dienone is 1. The Morgan fingerprint density at radius 2 is 1.79 bits per heavy atom. The molecule has 110 valence electrons. The quantitative estimate of drug-likeness (QED) is 0.338. The number of rotatable bonds is 9. The van der Waals surface area contributed by atoms with Crippen LogP contribution in [0.4, 0.5) is 0 Å². The summed E-state index contributed by atoms with van der Waals surface area (Å²) in [5.41, 5.74) is 0. The largest absolute Gasteiger partial charge is 0.461 e. The number of hydrogen-bond acceptors (Lipinski definition) is 2. The fourth-order valence-corrected chi connectivity index (χ4v) is 2.72. The van der Waals surface area contributed by atoms with Gasteiger partial charge < -0.3 is 4.74 Å². The van der Waals surface area contributed by atoms with Crippen molar-refractivity contribution in [2.45, 2.75) is 78.2 Å². The first kappa shape index (κ1) is 16.3. The maximum absolute atomic E-state index is 11.7. The molecule has 19 heavy (non-hydrogen) atoms. The summed E-state index contributed by atoms with van der Waals surface area (Å²) in [5, 5.41) is 0. The van der Waals surface area contributed by atoms with Crippen LogP contribution >= 0.6 is 0 Å². The van der Waals surface area contributed by atoms with Gasteiger partial charge in [0.2, 0.25) is 0 Å². The van der Waals surface area contributed by atoms with Crippen LogP contribution in [0.15, 0.2) is 12.2 Å². The molecular formula is C17H30O2. The third kappa shape index (κ3) is 5.38. The summed E-state index contributed by atoms with van der Waals surface area (Å²) in [7, 11) is 0. The molecule has 1 saturated heterocycles. The van der Waals surface area contributed by atoms with Crippen molar-refractivity contribution >= 4 is 5.97 Å². The van der Waals surface area contributed by atoms with Gasteiger partial charge >= 0.3 is 5.97 Å². The Bertz CT molecular complexity index is 283. The minimum absolute atomic E-state index is 0.00953. The first-order valence-corrected chi connectivity index (χ1v) is 8.07. The lowest BCUT2D eigenvalue weighted by molar-refractivity contribution is -0.144. The Labute approximate surface area is 118 Å². The predicted molar refractivity (Wildman–Crippen MR) is 80.0 cm³/mol. The molecule has 0 spiro atoms. The Kier molecular flexibility index (Phi) is 7.85. The Balaban J connectivity index is 2.42. The van der Waals surface area contributed by atoms with Gasteiger partial charge in [0.25, 0.3) is 0 Å². The van der Waals surface area contributed by atoms with Crippen LogP contribution in [0.2, 0.25) is 0 Å². The molecule has 1 fully saturated rings. The SMILES string of the molecule is CCCCC/C=C/[C@@H]1[C@H](CCCCC)OC(=O)[C@@H]1C. The number of carbonyl (C=O) groups excluding carboxylic acids is 1. The summed E-state index contributed by atoms with van der Waals surface area (Å²) in [5.74, 6) is 0.324. The second-order valence-electron chi connectivity index (χ2n) is 5.76. The van der Waals surface area contributed by atoms with Crippen LogP contribution in [0.5, 0.6) is 0 Å². The molecule has 2 nitrogen and oxygen atoms in total. The lowest BCUT2D eigenvalue weighted by Crippen LogP contribution is -2.17. The van der Waals surface area contributed by atoms with Gasteiger partial charge in [-0.15, -0.1) is 0 Å². The molecular weight excluding hydrogens is 236 g/mol. The smallest absolute Gasteiger partial charge is 0.309 e. The minimum Gasteiger partial charge on any atom is -0.461 e. The summed E-state index contributed by atoms with van der Waals surface area (Å²) < 4.78 is 5.52. The van der Waals surface area contributed by atoms with Gasteiger partial charge in [-0.25, -0.2) is 0 Å². The van der Waals surface area contributed by atoms with E-state index < -0.39 is 0 Å². The number of esters is 1. The highest BCUT2D eigenvalue weighted by atomic mass is 16.6. The number of ether oxygens (including phenoxy) is 1. The Hall–Kier alpha value is -0.790. The van der Waals surface area contributed by atoms with Crippen molar-refractivity contribution in [3.63, 3.8) is 0 Å². The third-order valence-electron chi connectivity index (χ3n) is 4.07. The molecule has 0 radical (unpaired) electrons. The van der Waals surface area contributed by atoms with Crippen molar-refractivity contribution in [2.75, 3.05) is 0 Å². The van der Waals surface area contributed by atoms with Gasteiger partial charge in [0.15, 0.2) is 0 Å². The van der Waals surface area contributed by atoms with Crippen molar-refractivity contribution in [1.82, 2.24) is 0 Å². The molecule has 3 atom stereocenters. The summed E-state index contributed by atoms with van der Waals surface area (Å²) in [6.07, 6.45) is 14.2. The molecule has 0 aromatic rings. The van der Waals surface area contributed by atoms with E-state index in [1.54, 1.807) is 0 Å². The zero-order valence-corrected chi connectivity index (χ0v) is 12.9. The number of cyclic esters (lactones) is 1. The van der Waals surface area contributed by atoms with Crippen LogP contribution in [-0.2, 0) is 9.53 Å². The van der Waals surface area contributed by atoms with Crippen LogP contribution < -0.4 is 0 Å². The first-order valence-electron chi connectivity index (χ1n) is 8.07. The molecule has 1 heterocycles. The highest BCUT2D eigenvalue weighted by molar-refractivity contribution is 5.75. The lowest BCUT2D eigenvalue weighted by Gasteiger charge is -2.15. The molecule has 1 aliphatic rings. The van der Waals surface area contributed by atoms with Crippen LogP contribution in [0, 0.1) is 11.8 Å². The van der Waals surface area contributed by atoms with Gasteiger partial charge in [0.1, 0.15) is 6.10 Å². The predicted octanol–water partition coefficient (Wildman–Crippen LogP) is 4.88. The highest BCUT2D eigenvalue weighted by Crippen LogP contribution is 2.32. The summed E-state index contributed by atoms with van der Waals surface area (Å²) >= 11 is 0. The van der Waals surface area contributed by atoms with Gasteiger partial charge in [0.05, 0.1) is 5.92 Å². The van der Waals surface area contributed by atoms with Gasteiger partial charge in [-0.1, -0.05) is 58.6 Å². The van der Waals surface area contributed by atoms with Gasteiger partial charge in [-0.05, 0) is 25.7 Å². The zero-order chi connectivity index (χ0) is 14.1. The van der Waals surface area contributed by atoms with Crippen LogP contribution in [0.25, 0.3) is 0 Å². The maximum atomic E-state index is 11.7. The molecule has 0 unspecified atom stereocenters. The normalized spacial score (nSPS) is 27.1. The van der Waals surface area contributed by atoms with Crippen molar-refractivity contribution in [3.05, 3.63) is 12.2 Å². The lowest BCUT2D eigenvalue weighted by atomic mass is 9.88. The van der Waals surface area contributed by atoms with E-state index in [1.807, 2.05) is 6.92 Å². The van der Waals surface area contributed by atoms with E-state index in [1.165, 1.54) is 38.5 Å². The molecule has 1 aliphatic heterocycles. The van der Waals surface area contributed by atoms with Gasteiger partial charge in [-0.3, -0.25) is 4.79 Å². The molecule has 2 heteroatoms. The third-order valence-corrected chi connectivity index (χ3v) is 4.07. The second kappa shape index (κ2) is 9.17. The molecule has 0 bridgehead atoms. The van der Waals surface area contributed by atoms with Crippen LogP contribution in [0.3, 0.4) is 0 Å². The molecule has 0 N–H and O–H groups in total. The average Bonchev–Trinajstić information content (AvgIpc) is 2.66. The fourth-order valence-electron chi connectivity index (χ4n) is 2.72. The summed E-state index contributed by atoms with van der Waals surface area (Å²) in [4.78, 5) is 11.7. The molecule has 0 aromatic carbocycles. The minimum atomic E-state index is -0.00953. The average molecular weight is 266 g/mol. The fraction of sp³-hybridized carbons (Fsp3) is 0.824. The van der Waals surface area contributed by atoms with Crippen molar-refractivity contribution in [2.24, 2.45) is 11.8 Å². The van der Waals surface area contributed by atoms with E-state index in [-0.39, 0.29) is 18.0 Å². The molecule has 0 aromatic heterocycles. The van der Waals surface area contributed by atoms with Crippen molar-refractivity contribution in [1.29, 1.82) is 0 Å². The number of unbranched alkanes of at least 4 members (excludes halogenated alkanes) is 5. The highest BCUT2D eigenvalue weighted by Gasteiger charge is 2.39. The zero-order valence-electron chi connectivity index (χ0n) is 12.9. The molecule has 0 saturated carbocycles. The molecule has 0 amide bonds. The number of hydrogen-bond donors (Lipinski definition) is 0. The van der Waals surface area contributed by atoms with Gasteiger partial charge in [-0.2, -0.15) is 0 Å². The first-order chi connectivity index (χ1) is 9.20. The van der Waals surface area contributed by atoms with E-state index in [0.717, 1.165) is 12.8 Å². The topological polar surface area (TPSA) is 26.3 Å². The summed E-state index contributed by atoms with van der Waals surface area (Å²) in [6.45, 7) is 6.43. The van der Waals surface area contributed by atoms with Crippen molar-refractivity contribution < 1.29 is 9.53 Å². The van der Waals surface area contributed by atoms with Crippen molar-refractivity contribution in [3.8, 4) is 0 Å². The second-order valence-corrected chi connectivity index (χ2v) is 5.76. The van der Waals surface area contributed by atoms with E-state index >= 15 is 0 Å². The standard InChI is InChI=1S/C17H30O2/c1-4-6-8-9-11-12-15-14(3)17(18)19-16(15)13-10-7-5-2/h11-12,14-16H,4-10,13H2,1-3H3/b12-11+/t14-,15+,16+/m1/s1. The Morgan fingerprint density at radius 3 is 2.47 bits per heavy atom.